The molecule has 39 heavy (non-hydrogen) atoms. The quantitative estimate of drug-likeness (QED) is 0.300. The first kappa shape index (κ1) is 26.2. The molecule has 3 aromatic carbocycles. The number of anilines is 1. The highest BCUT2D eigenvalue weighted by atomic mass is 19.1. The first-order chi connectivity index (χ1) is 19.0. The number of hydrogen-bond acceptors (Lipinski definition) is 5. The standard InChI is InChI=1S/C31H30FN3O4/c1-38-27-11-7-23(28(32)18-27)8-12-30(36)34-26-9-5-21(6-10-26)22-13-15-35(16-14-22)31(37)25-4-2-3-24(17-25)29-19-33-20-39-29/h2-7,9-11,17-20,22H,8,12-16H2,1H3,(H,34,36). The normalized spacial score (nSPS) is 13.7. The average molecular weight is 528 g/mol. The summed E-state index contributed by atoms with van der Waals surface area (Å²) in [5, 5.41) is 2.89. The third-order valence-corrected chi connectivity index (χ3v) is 7.16. The molecule has 0 spiro atoms. The largest absolute Gasteiger partial charge is 0.497 e. The molecular weight excluding hydrogens is 497 g/mol. The molecule has 200 valence electrons. The predicted molar refractivity (Wildman–Crippen MR) is 146 cm³/mol. The fourth-order valence-corrected chi connectivity index (χ4v) is 4.93. The van der Waals surface area contributed by atoms with Gasteiger partial charge in [0.2, 0.25) is 5.91 Å². The van der Waals surface area contributed by atoms with E-state index in [0.717, 1.165) is 18.4 Å². The summed E-state index contributed by atoms with van der Waals surface area (Å²) < 4.78 is 24.5. The summed E-state index contributed by atoms with van der Waals surface area (Å²) in [4.78, 5) is 31.4. The van der Waals surface area contributed by atoms with Crippen molar-refractivity contribution < 1.29 is 23.1 Å². The SMILES string of the molecule is COc1ccc(CCC(=O)Nc2ccc(C3CCN(C(=O)c4cccc(-c5cnco5)c4)CC3)cc2)c(F)c1. The molecule has 2 amide bonds. The fraction of sp³-hybridized carbons (Fsp3) is 0.258. The molecule has 5 rings (SSSR count). The van der Waals surface area contributed by atoms with E-state index in [1.54, 1.807) is 18.3 Å². The smallest absolute Gasteiger partial charge is 0.253 e. The van der Waals surface area contributed by atoms with Crippen LogP contribution in [0.5, 0.6) is 5.75 Å². The van der Waals surface area contributed by atoms with E-state index in [1.807, 2.05) is 53.4 Å². The van der Waals surface area contributed by atoms with Crippen LogP contribution in [0.25, 0.3) is 11.3 Å². The van der Waals surface area contributed by atoms with E-state index < -0.39 is 0 Å². The Morgan fingerprint density at radius 3 is 2.56 bits per heavy atom. The number of rotatable bonds is 8. The highest BCUT2D eigenvalue weighted by Crippen LogP contribution is 2.30. The Morgan fingerprint density at radius 2 is 1.87 bits per heavy atom. The summed E-state index contributed by atoms with van der Waals surface area (Å²) in [6.45, 7) is 1.35. The van der Waals surface area contributed by atoms with E-state index in [0.29, 0.717) is 53.8 Å². The van der Waals surface area contributed by atoms with Crippen LogP contribution in [-0.4, -0.2) is 41.9 Å². The highest BCUT2D eigenvalue weighted by molar-refractivity contribution is 5.95. The van der Waals surface area contributed by atoms with Gasteiger partial charge in [0.15, 0.2) is 12.2 Å². The highest BCUT2D eigenvalue weighted by Gasteiger charge is 2.25. The number of benzene rings is 3. The van der Waals surface area contributed by atoms with Gasteiger partial charge in [-0.25, -0.2) is 9.37 Å². The zero-order valence-corrected chi connectivity index (χ0v) is 21.7. The molecule has 0 bridgehead atoms. The van der Waals surface area contributed by atoms with Crippen LogP contribution in [0.3, 0.4) is 0 Å². The van der Waals surface area contributed by atoms with E-state index in [2.05, 4.69) is 10.3 Å². The number of piperidine rings is 1. The van der Waals surface area contributed by atoms with Crippen LogP contribution in [-0.2, 0) is 11.2 Å². The van der Waals surface area contributed by atoms with Gasteiger partial charge < -0.3 is 19.4 Å². The number of amides is 2. The van der Waals surface area contributed by atoms with Crippen molar-refractivity contribution in [2.24, 2.45) is 0 Å². The fourth-order valence-electron chi connectivity index (χ4n) is 4.93. The molecule has 0 unspecified atom stereocenters. The molecule has 0 aliphatic carbocycles. The molecular formula is C31H30FN3O4. The monoisotopic (exact) mass is 527 g/mol. The first-order valence-corrected chi connectivity index (χ1v) is 13.0. The Morgan fingerprint density at radius 1 is 1.08 bits per heavy atom. The number of methoxy groups -OCH3 is 1. The molecule has 1 N–H and O–H groups in total. The summed E-state index contributed by atoms with van der Waals surface area (Å²) in [5.74, 6) is 0.900. The number of ether oxygens (including phenoxy) is 1. The minimum Gasteiger partial charge on any atom is -0.497 e. The molecule has 0 atom stereocenters. The minimum atomic E-state index is -0.376. The van der Waals surface area contributed by atoms with Crippen LogP contribution in [0.4, 0.5) is 10.1 Å². The van der Waals surface area contributed by atoms with Gasteiger partial charge in [-0.15, -0.1) is 0 Å². The molecule has 0 saturated carbocycles. The van der Waals surface area contributed by atoms with Crippen molar-refractivity contribution in [3.8, 4) is 17.1 Å². The Kier molecular flexibility index (Phi) is 8.01. The zero-order chi connectivity index (χ0) is 27.2. The molecule has 1 aromatic heterocycles. The maximum Gasteiger partial charge on any atom is 0.253 e. The van der Waals surface area contributed by atoms with Crippen LogP contribution in [0, 0.1) is 5.82 Å². The average Bonchev–Trinajstić information content (AvgIpc) is 3.52. The molecule has 1 fully saturated rings. The third kappa shape index (κ3) is 6.34. The first-order valence-electron chi connectivity index (χ1n) is 13.0. The summed E-state index contributed by atoms with van der Waals surface area (Å²) in [6.07, 6.45) is 5.23. The number of nitrogens with zero attached hydrogens (tertiary/aromatic N) is 2. The summed E-state index contributed by atoms with van der Waals surface area (Å²) >= 11 is 0. The van der Waals surface area contributed by atoms with Gasteiger partial charge in [-0.1, -0.05) is 30.3 Å². The topological polar surface area (TPSA) is 84.7 Å². The Balaban J connectivity index is 1.11. The van der Waals surface area contributed by atoms with Crippen LogP contribution < -0.4 is 10.1 Å². The van der Waals surface area contributed by atoms with Gasteiger partial charge in [-0.3, -0.25) is 9.59 Å². The molecule has 2 heterocycles. The number of halogens is 1. The summed E-state index contributed by atoms with van der Waals surface area (Å²) in [6, 6.07) is 19.9. The second-order valence-corrected chi connectivity index (χ2v) is 9.64. The number of aromatic nitrogens is 1. The lowest BCUT2D eigenvalue weighted by Crippen LogP contribution is -2.37. The van der Waals surface area contributed by atoms with E-state index in [4.69, 9.17) is 9.15 Å². The summed E-state index contributed by atoms with van der Waals surface area (Å²) in [5.41, 5.74) is 3.84. The predicted octanol–water partition coefficient (Wildman–Crippen LogP) is 6.08. The summed E-state index contributed by atoms with van der Waals surface area (Å²) in [7, 11) is 1.49. The maximum absolute atomic E-state index is 14.1. The van der Waals surface area contributed by atoms with Gasteiger partial charge in [0.1, 0.15) is 11.6 Å². The van der Waals surface area contributed by atoms with E-state index in [1.165, 1.54) is 25.1 Å². The van der Waals surface area contributed by atoms with Gasteiger partial charge in [0.25, 0.3) is 5.91 Å². The number of carbonyl (C=O) groups excluding carboxylic acids is 2. The Bertz CT molecular complexity index is 1430. The van der Waals surface area contributed by atoms with Crippen LogP contribution in [0.1, 0.15) is 46.7 Å². The van der Waals surface area contributed by atoms with Crippen molar-refractivity contribution in [2.75, 3.05) is 25.5 Å². The Labute approximate surface area is 226 Å². The third-order valence-electron chi connectivity index (χ3n) is 7.16. The van der Waals surface area contributed by atoms with Gasteiger partial charge in [-0.2, -0.15) is 0 Å². The van der Waals surface area contributed by atoms with Crippen molar-refractivity contribution in [3.63, 3.8) is 0 Å². The van der Waals surface area contributed by atoms with Gasteiger partial charge >= 0.3 is 0 Å². The van der Waals surface area contributed by atoms with E-state index in [-0.39, 0.29) is 24.1 Å². The lowest BCUT2D eigenvalue weighted by molar-refractivity contribution is -0.116. The molecule has 1 saturated heterocycles. The van der Waals surface area contributed by atoms with Crippen molar-refractivity contribution in [3.05, 3.63) is 102 Å². The van der Waals surface area contributed by atoms with Crippen LogP contribution in [0.2, 0.25) is 0 Å². The Hall–Kier alpha value is -4.46. The van der Waals surface area contributed by atoms with Crippen molar-refractivity contribution >= 4 is 17.5 Å². The molecule has 8 heteroatoms. The second kappa shape index (κ2) is 11.9. The minimum absolute atomic E-state index is 0.0161. The van der Waals surface area contributed by atoms with Gasteiger partial charge in [0.05, 0.1) is 13.3 Å². The van der Waals surface area contributed by atoms with E-state index in [9.17, 15) is 14.0 Å². The van der Waals surface area contributed by atoms with Crippen molar-refractivity contribution in [1.29, 1.82) is 0 Å². The zero-order valence-electron chi connectivity index (χ0n) is 21.7. The van der Waals surface area contributed by atoms with E-state index >= 15 is 0 Å². The number of oxazole rings is 1. The molecule has 4 aromatic rings. The lowest BCUT2D eigenvalue weighted by Gasteiger charge is -2.32. The van der Waals surface area contributed by atoms with Crippen molar-refractivity contribution in [1.82, 2.24) is 9.88 Å². The number of aryl methyl sites for hydroxylation is 1. The number of nitrogens with one attached hydrogen (secondary N) is 1. The number of carbonyl (C=O) groups is 2. The molecule has 1 aliphatic heterocycles. The van der Waals surface area contributed by atoms with Gasteiger partial charge in [-0.05, 0) is 66.6 Å². The van der Waals surface area contributed by atoms with Crippen LogP contribution in [0.15, 0.2) is 83.7 Å². The molecule has 1 aliphatic rings. The second-order valence-electron chi connectivity index (χ2n) is 9.64. The number of hydrogen-bond donors (Lipinski definition) is 1. The van der Waals surface area contributed by atoms with Crippen LogP contribution >= 0.6 is 0 Å². The lowest BCUT2D eigenvalue weighted by atomic mass is 9.89. The molecule has 7 nitrogen and oxygen atoms in total. The maximum atomic E-state index is 14.1. The number of likely N-dealkylation sites (tertiary alicyclic amines) is 1. The van der Waals surface area contributed by atoms with Crippen molar-refractivity contribution in [2.45, 2.75) is 31.6 Å². The molecule has 0 radical (unpaired) electrons. The van der Waals surface area contributed by atoms with Gasteiger partial charge in [0, 0.05) is 42.4 Å².